The predicted molar refractivity (Wildman–Crippen MR) is 61.9 cm³/mol. The molecule has 0 spiro atoms. The number of rotatable bonds is 2. The minimum Gasteiger partial charge on any atom is -0.0776 e. The fraction of sp³-hybridized carbons (Fsp3) is 1.00. The fourth-order valence-corrected chi connectivity index (χ4v) is 2.68. The molecule has 1 saturated carbocycles. The summed E-state index contributed by atoms with van der Waals surface area (Å²) in [4.78, 5) is 0. The van der Waals surface area contributed by atoms with Crippen LogP contribution in [0.2, 0.25) is 0 Å². The quantitative estimate of drug-likeness (QED) is 0.581. The summed E-state index contributed by atoms with van der Waals surface area (Å²) in [6, 6.07) is 0. The maximum absolute atomic E-state index is 2.43. The van der Waals surface area contributed by atoms with Crippen LogP contribution in [-0.4, -0.2) is 0 Å². The monoisotopic (exact) mass is 184 g/mol. The molecule has 1 rings (SSSR count). The van der Waals surface area contributed by atoms with E-state index in [0.717, 1.165) is 23.7 Å². The molecular weight excluding hydrogens is 156 g/mol. The Hall–Kier alpha value is 0. The average molecular weight is 184 g/mol. The van der Waals surface area contributed by atoms with Gasteiger partial charge in [0.15, 0.2) is 0 Å². The minimum atomic E-state index is 0. The van der Waals surface area contributed by atoms with Crippen molar-refractivity contribution >= 4 is 0 Å². The second kappa shape index (κ2) is 5.67. The van der Waals surface area contributed by atoms with Crippen molar-refractivity contribution < 1.29 is 0 Å². The van der Waals surface area contributed by atoms with Gasteiger partial charge in [-0.2, -0.15) is 0 Å². The molecule has 1 fully saturated rings. The molecule has 0 radical (unpaired) electrons. The molecule has 0 heteroatoms. The third-order valence-corrected chi connectivity index (χ3v) is 3.60. The molecule has 0 bridgehead atoms. The van der Waals surface area contributed by atoms with Crippen LogP contribution in [0.25, 0.3) is 0 Å². The highest BCUT2D eigenvalue weighted by Crippen LogP contribution is 2.38. The molecule has 1 aliphatic rings. The van der Waals surface area contributed by atoms with E-state index in [9.17, 15) is 0 Å². The molecule has 0 aliphatic heterocycles. The second-order valence-corrected chi connectivity index (χ2v) is 5.09. The van der Waals surface area contributed by atoms with Gasteiger partial charge < -0.3 is 0 Å². The van der Waals surface area contributed by atoms with Gasteiger partial charge in [0.05, 0.1) is 0 Å². The largest absolute Gasteiger partial charge is 0.0776 e. The summed E-state index contributed by atoms with van der Waals surface area (Å²) in [7, 11) is 0. The van der Waals surface area contributed by atoms with E-state index in [0.29, 0.717) is 0 Å². The zero-order chi connectivity index (χ0) is 9.14. The third kappa shape index (κ3) is 3.70. The first kappa shape index (κ1) is 13.0. The average Bonchev–Trinajstić information content (AvgIpc) is 2.03. The Balaban J connectivity index is 0.00000144. The van der Waals surface area contributed by atoms with Crippen molar-refractivity contribution in [3.63, 3.8) is 0 Å². The van der Waals surface area contributed by atoms with Crippen molar-refractivity contribution in [3.05, 3.63) is 0 Å². The van der Waals surface area contributed by atoms with E-state index < -0.39 is 0 Å². The van der Waals surface area contributed by atoms with Gasteiger partial charge in [-0.15, -0.1) is 0 Å². The van der Waals surface area contributed by atoms with Crippen molar-refractivity contribution in [3.8, 4) is 0 Å². The second-order valence-electron chi connectivity index (χ2n) is 5.09. The first-order chi connectivity index (χ1) is 5.63. The van der Waals surface area contributed by atoms with Gasteiger partial charge in [-0.1, -0.05) is 41.5 Å². The van der Waals surface area contributed by atoms with Gasteiger partial charge in [-0.05, 0) is 42.9 Å². The van der Waals surface area contributed by atoms with Crippen LogP contribution in [0.1, 0.15) is 60.8 Å². The standard InChI is InChI=1S/C12H24.CH4/c1-5-11-6-10(4)7-12(8-11)9(2)3;/h9-12H,5-8H2,1-4H3;1H4. The van der Waals surface area contributed by atoms with Crippen LogP contribution in [0.3, 0.4) is 0 Å². The van der Waals surface area contributed by atoms with E-state index in [1.54, 1.807) is 0 Å². The normalized spacial score (nSPS) is 34.4. The summed E-state index contributed by atoms with van der Waals surface area (Å²) >= 11 is 0. The molecule has 3 atom stereocenters. The summed E-state index contributed by atoms with van der Waals surface area (Å²) < 4.78 is 0. The van der Waals surface area contributed by atoms with Crippen molar-refractivity contribution in [1.29, 1.82) is 0 Å². The summed E-state index contributed by atoms with van der Waals surface area (Å²) in [6.45, 7) is 9.54. The lowest BCUT2D eigenvalue weighted by Crippen LogP contribution is -2.24. The lowest BCUT2D eigenvalue weighted by atomic mass is 9.71. The highest BCUT2D eigenvalue weighted by atomic mass is 14.3. The van der Waals surface area contributed by atoms with E-state index in [1.807, 2.05) is 0 Å². The van der Waals surface area contributed by atoms with E-state index in [2.05, 4.69) is 27.7 Å². The molecule has 80 valence electrons. The summed E-state index contributed by atoms with van der Waals surface area (Å²) in [5.74, 6) is 3.93. The molecule has 0 amide bonds. The number of hydrogen-bond donors (Lipinski definition) is 0. The Bertz CT molecular complexity index is 126. The van der Waals surface area contributed by atoms with Crippen LogP contribution < -0.4 is 0 Å². The first-order valence-electron chi connectivity index (χ1n) is 5.63. The van der Waals surface area contributed by atoms with Crippen molar-refractivity contribution in [1.82, 2.24) is 0 Å². The van der Waals surface area contributed by atoms with Crippen LogP contribution in [-0.2, 0) is 0 Å². The number of hydrogen-bond acceptors (Lipinski definition) is 0. The molecule has 1 aliphatic carbocycles. The van der Waals surface area contributed by atoms with Crippen LogP contribution in [0.4, 0.5) is 0 Å². The molecule has 0 aromatic carbocycles. The maximum atomic E-state index is 2.43. The fourth-order valence-electron chi connectivity index (χ4n) is 2.68. The summed E-state index contributed by atoms with van der Waals surface area (Å²) in [5, 5.41) is 0. The zero-order valence-electron chi connectivity index (χ0n) is 9.14. The van der Waals surface area contributed by atoms with Gasteiger partial charge in [-0.25, -0.2) is 0 Å². The predicted octanol–water partition coefficient (Wildman–Crippen LogP) is 4.74. The maximum Gasteiger partial charge on any atom is -0.0386 e. The Labute approximate surface area is 85.1 Å². The van der Waals surface area contributed by atoms with Gasteiger partial charge in [0.1, 0.15) is 0 Å². The van der Waals surface area contributed by atoms with Crippen molar-refractivity contribution in [2.75, 3.05) is 0 Å². The lowest BCUT2D eigenvalue weighted by molar-refractivity contribution is 0.163. The Kier molecular flexibility index (Phi) is 5.67. The molecule has 0 heterocycles. The van der Waals surface area contributed by atoms with Gasteiger partial charge in [0, 0.05) is 0 Å². The van der Waals surface area contributed by atoms with Crippen LogP contribution in [0, 0.1) is 23.7 Å². The molecule has 3 unspecified atom stereocenters. The molecule has 0 aromatic heterocycles. The van der Waals surface area contributed by atoms with Gasteiger partial charge in [0.25, 0.3) is 0 Å². The van der Waals surface area contributed by atoms with E-state index in [1.165, 1.54) is 25.7 Å². The minimum absolute atomic E-state index is 0. The lowest BCUT2D eigenvalue weighted by Gasteiger charge is -2.35. The molecule has 13 heavy (non-hydrogen) atoms. The van der Waals surface area contributed by atoms with Gasteiger partial charge >= 0.3 is 0 Å². The molecule has 0 saturated heterocycles. The van der Waals surface area contributed by atoms with Gasteiger partial charge in [-0.3, -0.25) is 0 Å². The van der Waals surface area contributed by atoms with E-state index >= 15 is 0 Å². The molecular formula is C13H28. The zero-order valence-corrected chi connectivity index (χ0v) is 9.14. The summed E-state index contributed by atoms with van der Waals surface area (Å²) in [5.41, 5.74) is 0. The summed E-state index contributed by atoms with van der Waals surface area (Å²) in [6.07, 6.45) is 5.86. The van der Waals surface area contributed by atoms with Crippen molar-refractivity contribution in [2.24, 2.45) is 23.7 Å². The highest BCUT2D eigenvalue weighted by molar-refractivity contribution is 4.77. The van der Waals surface area contributed by atoms with Crippen LogP contribution in [0.5, 0.6) is 0 Å². The Morgan fingerprint density at radius 2 is 1.77 bits per heavy atom. The highest BCUT2D eigenvalue weighted by Gasteiger charge is 2.26. The van der Waals surface area contributed by atoms with E-state index in [-0.39, 0.29) is 7.43 Å². The van der Waals surface area contributed by atoms with E-state index in [4.69, 9.17) is 0 Å². The molecule has 0 N–H and O–H groups in total. The topological polar surface area (TPSA) is 0 Å². The molecule has 0 nitrogen and oxygen atoms in total. The smallest absolute Gasteiger partial charge is 0.0386 e. The van der Waals surface area contributed by atoms with Crippen molar-refractivity contribution in [2.45, 2.75) is 60.8 Å². The first-order valence-corrected chi connectivity index (χ1v) is 5.63. The molecule has 0 aromatic rings. The van der Waals surface area contributed by atoms with Crippen LogP contribution in [0.15, 0.2) is 0 Å². The van der Waals surface area contributed by atoms with Gasteiger partial charge in [0.2, 0.25) is 0 Å². The third-order valence-electron chi connectivity index (χ3n) is 3.60. The Morgan fingerprint density at radius 1 is 1.15 bits per heavy atom. The van der Waals surface area contributed by atoms with Crippen LogP contribution >= 0.6 is 0 Å². The SMILES string of the molecule is C.CCC1CC(C)CC(C(C)C)C1. The Morgan fingerprint density at radius 3 is 2.23 bits per heavy atom.